The molecule has 2 amide bonds. The number of fused-ring (bicyclic) bond motifs is 2. The van der Waals surface area contributed by atoms with Crippen molar-refractivity contribution in [1.29, 1.82) is 0 Å². The molecule has 46 heavy (non-hydrogen) atoms. The summed E-state index contributed by atoms with van der Waals surface area (Å²) in [6, 6.07) is 30.9. The van der Waals surface area contributed by atoms with Gasteiger partial charge >= 0.3 is 0 Å². The summed E-state index contributed by atoms with van der Waals surface area (Å²) in [5.74, 6) is 0.461. The molecule has 4 aromatic rings. The number of anilines is 3. The van der Waals surface area contributed by atoms with Gasteiger partial charge in [-0.05, 0) is 72.1 Å². The topological polar surface area (TPSA) is 79.3 Å². The highest BCUT2D eigenvalue weighted by molar-refractivity contribution is 6.91. The number of hydrogen-bond donors (Lipinski definition) is 1. The van der Waals surface area contributed by atoms with Crippen molar-refractivity contribution in [3.8, 4) is 5.75 Å². The van der Waals surface area contributed by atoms with Crippen LogP contribution in [0, 0.1) is 5.92 Å². The highest BCUT2D eigenvalue weighted by Crippen LogP contribution is 2.60. The van der Waals surface area contributed by atoms with Crippen molar-refractivity contribution in [3.05, 3.63) is 113 Å². The van der Waals surface area contributed by atoms with Gasteiger partial charge in [0, 0.05) is 34.5 Å². The summed E-state index contributed by atoms with van der Waals surface area (Å²) in [5, 5.41) is 11.9. The van der Waals surface area contributed by atoms with Crippen LogP contribution in [-0.4, -0.2) is 45.3 Å². The van der Waals surface area contributed by atoms with Crippen LogP contribution < -0.4 is 19.7 Å². The van der Waals surface area contributed by atoms with Crippen LogP contribution in [0.25, 0.3) is 0 Å². The van der Waals surface area contributed by atoms with E-state index in [1.54, 1.807) is 23.0 Å². The maximum atomic E-state index is 14.9. The molecule has 1 N–H and O–H groups in total. The molecule has 1 saturated heterocycles. The molecule has 0 aliphatic carbocycles. The minimum atomic E-state index is -2.29. The first-order valence-corrected chi connectivity index (χ1v) is 19.0. The van der Waals surface area contributed by atoms with Gasteiger partial charge in [-0.3, -0.25) is 14.5 Å². The van der Waals surface area contributed by atoms with Crippen LogP contribution >= 0.6 is 11.6 Å². The lowest BCUT2D eigenvalue weighted by Crippen LogP contribution is -2.51. The van der Waals surface area contributed by atoms with Crippen LogP contribution in [0.5, 0.6) is 5.75 Å². The standard InChI is InChI=1S/C37H39ClN2O5Si/c1-25-35(46(3,4)31-16-14-30(44-2)15-17-31)34(19-20-41)45-37(25)32-22-27(38)13-18-33(32)39(36(37)43)23-26-9-8-12-29(21-26)40(24-42)28-10-6-5-7-11-28/h5-18,21-22,24-25,34-35,41H,19-20,23H2,1-4H3/t25-,34+,35-,37+/m0/s1. The molecule has 1 fully saturated rings. The summed E-state index contributed by atoms with van der Waals surface area (Å²) in [4.78, 5) is 30.4. The zero-order valence-corrected chi connectivity index (χ0v) is 28.3. The molecular formula is C37H39ClN2O5Si. The maximum absolute atomic E-state index is 14.9. The van der Waals surface area contributed by atoms with Crippen molar-refractivity contribution in [2.75, 3.05) is 23.5 Å². The van der Waals surface area contributed by atoms with E-state index in [1.165, 1.54) is 5.19 Å². The largest absolute Gasteiger partial charge is 0.497 e. The van der Waals surface area contributed by atoms with E-state index in [1.807, 2.05) is 78.9 Å². The van der Waals surface area contributed by atoms with E-state index in [-0.39, 0.29) is 36.6 Å². The zero-order valence-electron chi connectivity index (χ0n) is 26.5. The van der Waals surface area contributed by atoms with E-state index in [9.17, 15) is 14.7 Å². The van der Waals surface area contributed by atoms with Crippen molar-refractivity contribution in [2.45, 2.75) is 50.2 Å². The monoisotopic (exact) mass is 654 g/mol. The van der Waals surface area contributed by atoms with Gasteiger partial charge in [0.15, 0.2) is 5.60 Å². The number of aliphatic hydroxyl groups is 1. The molecule has 0 radical (unpaired) electrons. The molecule has 0 bridgehead atoms. The fourth-order valence-electron chi connectivity index (χ4n) is 7.69. The van der Waals surface area contributed by atoms with Gasteiger partial charge in [0.1, 0.15) is 5.75 Å². The number of hydrogen-bond acceptors (Lipinski definition) is 5. The lowest BCUT2D eigenvalue weighted by Gasteiger charge is -2.37. The fourth-order valence-corrected chi connectivity index (χ4v) is 11.9. The number of nitrogens with zero attached hydrogens (tertiary/aromatic N) is 2. The molecule has 2 aliphatic heterocycles. The third kappa shape index (κ3) is 5.33. The second-order valence-electron chi connectivity index (χ2n) is 12.7. The number of amides is 2. The third-order valence-electron chi connectivity index (χ3n) is 9.88. The van der Waals surface area contributed by atoms with E-state index in [0.717, 1.165) is 34.7 Å². The minimum absolute atomic E-state index is 0.0270. The Balaban J connectivity index is 1.39. The van der Waals surface area contributed by atoms with Gasteiger partial charge in [-0.2, -0.15) is 0 Å². The Morgan fingerprint density at radius 1 is 1.00 bits per heavy atom. The highest BCUT2D eigenvalue weighted by atomic mass is 35.5. The number of benzene rings is 4. The molecule has 4 atom stereocenters. The van der Waals surface area contributed by atoms with E-state index < -0.39 is 13.7 Å². The maximum Gasteiger partial charge on any atom is 0.264 e. The summed E-state index contributed by atoms with van der Waals surface area (Å²) < 4.78 is 12.4. The Labute approximate surface area is 276 Å². The van der Waals surface area contributed by atoms with Crippen molar-refractivity contribution in [1.82, 2.24) is 0 Å². The van der Waals surface area contributed by atoms with Gasteiger partial charge < -0.3 is 19.5 Å². The number of carbonyl (C=O) groups excluding carboxylic acids is 2. The average molecular weight is 655 g/mol. The first kappa shape index (κ1) is 32.0. The van der Waals surface area contributed by atoms with Gasteiger partial charge in [0.05, 0.1) is 33.5 Å². The SMILES string of the molecule is COc1ccc([Si](C)(C)[C@@H]2[C@@H](CCO)O[C@]3(C(=O)N(Cc4cccc(N(C=O)c5ccccc5)c4)c4ccc(Cl)cc43)[C@H]2C)cc1. The molecule has 7 nitrogen and oxygen atoms in total. The molecule has 2 heterocycles. The molecule has 4 aromatic carbocycles. The molecule has 9 heteroatoms. The normalized spacial score (nSPS) is 22.3. The number of rotatable bonds is 10. The molecule has 238 valence electrons. The number of carbonyl (C=O) groups is 2. The van der Waals surface area contributed by atoms with Crippen molar-refractivity contribution in [3.63, 3.8) is 0 Å². The molecule has 1 spiro atoms. The Hall–Kier alpha value is -3.95. The minimum Gasteiger partial charge on any atom is -0.497 e. The van der Waals surface area contributed by atoms with Crippen LogP contribution in [0.1, 0.15) is 24.5 Å². The number of methoxy groups -OCH3 is 1. The van der Waals surface area contributed by atoms with Gasteiger partial charge in [-0.15, -0.1) is 0 Å². The molecule has 0 aromatic heterocycles. The van der Waals surface area contributed by atoms with Gasteiger partial charge in [-0.1, -0.05) is 79.3 Å². The molecule has 6 rings (SSSR count). The quantitative estimate of drug-likeness (QED) is 0.151. The Morgan fingerprint density at radius 2 is 1.72 bits per heavy atom. The van der Waals surface area contributed by atoms with E-state index in [4.69, 9.17) is 21.1 Å². The summed E-state index contributed by atoms with van der Waals surface area (Å²) >= 11 is 6.60. The first-order chi connectivity index (χ1) is 22.1. The van der Waals surface area contributed by atoms with Crippen LogP contribution in [0.4, 0.5) is 17.1 Å². The first-order valence-electron chi connectivity index (χ1n) is 15.6. The number of aliphatic hydroxyl groups excluding tert-OH is 1. The summed E-state index contributed by atoms with van der Waals surface area (Å²) in [6.07, 6.45) is 0.899. The third-order valence-corrected chi connectivity index (χ3v) is 14.5. The molecule has 0 saturated carbocycles. The van der Waals surface area contributed by atoms with Crippen molar-refractivity contribution >= 4 is 54.2 Å². The smallest absolute Gasteiger partial charge is 0.264 e. The Kier molecular flexibility index (Phi) is 8.82. The van der Waals surface area contributed by atoms with E-state index in [2.05, 4.69) is 32.2 Å². The van der Waals surface area contributed by atoms with Crippen LogP contribution in [0.15, 0.2) is 97.1 Å². The second-order valence-corrected chi connectivity index (χ2v) is 17.8. The number of ether oxygens (including phenoxy) is 2. The number of halogens is 1. The fraction of sp³-hybridized carbons (Fsp3) is 0.297. The molecular weight excluding hydrogens is 616 g/mol. The predicted molar refractivity (Wildman–Crippen MR) is 185 cm³/mol. The van der Waals surface area contributed by atoms with Crippen LogP contribution in [0.2, 0.25) is 23.7 Å². The Morgan fingerprint density at radius 3 is 2.39 bits per heavy atom. The van der Waals surface area contributed by atoms with Crippen molar-refractivity contribution in [2.24, 2.45) is 5.92 Å². The summed E-state index contributed by atoms with van der Waals surface area (Å²) in [5.41, 5.74) is 2.62. The van der Waals surface area contributed by atoms with Crippen LogP contribution in [-0.2, 0) is 26.5 Å². The van der Waals surface area contributed by atoms with Gasteiger partial charge in [0.25, 0.3) is 5.91 Å². The zero-order chi connectivity index (χ0) is 32.6. The van der Waals surface area contributed by atoms with E-state index >= 15 is 0 Å². The summed E-state index contributed by atoms with van der Waals surface area (Å²) in [6.45, 7) is 6.99. The highest BCUT2D eigenvalue weighted by Gasteiger charge is 2.66. The van der Waals surface area contributed by atoms with Crippen molar-refractivity contribution < 1.29 is 24.2 Å². The van der Waals surface area contributed by atoms with Gasteiger partial charge in [0.2, 0.25) is 6.41 Å². The van der Waals surface area contributed by atoms with E-state index in [0.29, 0.717) is 17.1 Å². The Bertz CT molecular complexity index is 1730. The average Bonchev–Trinajstić information content (AvgIpc) is 3.48. The molecule has 2 aliphatic rings. The van der Waals surface area contributed by atoms with Crippen LogP contribution in [0.3, 0.4) is 0 Å². The lowest BCUT2D eigenvalue weighted by molar-refractivity contribution is -0.146. The lowest BCUT2D eigenvalue weighted by atomic mass is 9.82. The predicted octanol–water partition coefficient (Wildman–Crippen LogP) is 6.79. The number of para-hydroxylation sites is 1. The second kappa shape index (κ2) is 12.7. The molecule has 0 unspecified atom stereocenters. The summed E-state index contributed by atoms with van der Waals surface area (Å²) in [7, 11) is -0.634. The van der Waals surface area contributed by atoms with Gasteiger partial charge in [-0.25, -0.2) is 0 Å².